The summed E-state index contributed by atoms with van der Waals surface area (Å²) in [6.07, 6.45) is 3.90. The lowest BCUT2D eigenvalue weighted by molar-refractivity contribution is 0.0636. The average molecular weight is 322 g/mol. The Labute approximate surface area is 137 Å². The standard InChI is InChI=1S/C17H26N2O2S/c1-17(2,3)21-16(20)19-13-6-7-14-12(11-13)5-8-15(14)18-9-10-22-4/h6-7,11,15,18H,5,8-10H2,1-4H3,(H,19,20). The molecule has 0 fully saturated rings. The van der Waals surface area contributed by atoms with Crippen LogP contribution < -0.4 is 10.6 Å². The number of rotatable bonds is 5. The molecule has 1 aromatic carbocycles. The molecule has 1 aliphatic rings. The minimum absolute atomic E-state index is 0.403. The minimum Gasteiger partial charge on any atom is -0.444 e. The van der Waals surface area contributed by atoms with E-state index in [4.69, 9.17) is 4.74 Å². The number of carbonyl (C=O) groups excluding carboxylic acids is 1. The smallest absolute Gasteiger partial charge is 0.412 e. The summed E-state index contributed by atoms with van der Waals surface area (Å²) in [5.41, 5.74) is 3.00. The highest BCUT2D eigenvalue weighted by molar-refractivity contribution is 7.98. The molecule has 1 aromatic rings. The van der Waals surface area contributed by atoms with Gasteiger partial charge in [-0.15, -0.1) is 0 Å². The van der Waals surface area contributed by atoms with Crippen molar-refractivity contribution in [1.82, 2.24) is 5.32 Å². The molecule has 122 valence electrons. The van der Waals surface area contributed by atoms with Gasteiger partial charge >= 0.3 is 6.09 Å². The summed E-state index contributed by atoms with van der Waals surface area (Å²) in [5.74, 6) is 1.13. The maximum atomic E-state index is 11.8. The first-order valence-electron chi connectivity index (χ1n) is 7.74. The van der Waals surface area contributed by atoms with E-state index < -0.39 is 11.7 Å². The number of fused-ring (bicyclic) bond motifs is 1. The highest BCUT2D eigenvalue weighted by Crippen LogP contribution is 2.33. The monoisotopic (exact) mass is 322 g/mol. The molecule has 1 unspecified atom stereocenters. The number of amides is 1. The van der Waals surface area contributed by atoms with Crippen LogP contribution in [0, 0.1) is 0 Å². The van der Waals surface area contributed by atoms with Crippen molar-refractivity contribution >= 4 is 23.5 Å². The Bertz CT molecular complexity index is 526. The van der Waals surface area contributed by atoms with E-state index in [2.05, 4.69) is 29.0 Å². The van der Waals surface area contributed by atoms with Crippen molar-refractivity contribution in [1.29, 1.82) is 0 Å². The molecule has 1 amide bonds. The number of benzene rings is 1. The number of hydrogen-bond acceptors (Lipinski definition) is 4. The fraction of sp³-hybridized carbons (Fsp3) is 0.588. The van der Waals surface area contributed by atoms with Gasteiger partial charge in [0.15, 0.2) is 0 Å². The van der Waals surface area contributed by atoms with Gasteiger partial charge in [-0.05, 0) is 63.1 Å². The molecule has 0 heterocycles. The molecule has 1 aliphatic carbocycles. The van der Waals surface area contributed by atoms with Crippen LogP contribution >= 0.6 is 11.8 Å². The maximum Gasteiger partial charge on any atom is 0.412 e. The maximum absolute atomic E-state index is 11.8. The van der Waals surface area contributed by atoms with Crippen LogP contribution in [0.1, 0.15) is 44.4 Å². The molecule has 0 saturated heterocycles. The summed E-state index contributed by atoms with van der Waals surface area (Å²) in [5, 5.41) is 6.41. The molecule has 2 rings (SSSR count). The Kier molecular flexibility index (Phi) is 5.75. The molecular weight excluding hydrogens is 296 g/mol. The van der Waals surface area contributed by atoms with Gasteiger partial charge in [0.25, 0.3) is 0 Å². The Hall–Kier alpha value is -1.20. The minimum atomic E-state index is -0.479. The lowest BCUT2D eigenvalue weighted by atomic mass is 10.1. The van der Waals surface area contributed by atoms with Crippen molar-refractivity contribution in [2.75, 3.05) is 23.9 Å². The predicted octanol–water partition coefficient (Wildman–Crippen LogP) is 3.97. The number of thioether (sulfide) groups is 1. The molecule has 22 heavy (non-hydrogen) atoms. The molecule has 0 bridgehead atoms. The number of hydrogen-bond donors (Lipinski definition) is 2. The third-order valence-electron chi connectivity index (χ3n) is 3.56. The highest BCUT2D eigenvalue weighted by Gasteiger charge is 2.22. The summed E-state index contributed by atoms with van der Waals surface area (Å²) in [6, 6.07) is 6.58. The van der Waals surface area contributed by atoms with Crippen molar-refractivity contribution in [2.45, 2.75) is 45.3 Å². The third-order valence-corrected chi connectivity index (χ3v) is 4.18. The van der Waals surface area contributed by atoms with E-state index in [0.717, 1.165) is 30.8 Å². The fourth-order valence-electron chi connectivity index (χ4n) is 2.66. The van der Waals surface area contributed by atoms with Crippen molar-refractivity contribution in [2.24, 2.45) is 0 Å². The van der Waals surface area contributed by atoms with Gasteiger partial charge in [0, 0.05) is 24.0 Å². The normalized spacial score (nSPS) is 17.2. The molecule has 0 aliphatic heterocycles. The molecule has 0 saturated carbocycles. The zero-order valence-corrected chi connectivity index (χ0v) is 14.7. The number of aryl methyl sites for hydroxylation is 1. The summed E-state index contributed by atoms with van der Waals surface area (Å²) in [6.45, 7) is 6.61. The number of carbonyl (C=O) groups is 1. The molecule has 0 aromatic heterocycles. The fourth-order valence-corrected chi connectivity index (χ4v) is 2.99. The van der Waals surface area contributed by atoms with Gasteiger partial charge in [-0.2, -0.15) is 11.8 Å². The topological polar surface area (TPSA) is 50.4 Å². The van der Waals surface area contributed by atoms with Crippen LogP contribution in [0.15, 0.2) is 18.2 Å². The van der Waals surface area contributed by atoms with E-state index in [1.807, 2.05) is 38.6 Å². The zero-order valence-electron chi connectivity index (χ0n) is 13.9. The summed E-state index contributed by atoms with van der Waals surface area (Å²) < 4.78 is 5.28. The van der Waals surface area contributed by atoms with Gasteiger partial charge in [0.1, 0.15) is 5.60 Å². The summed E-state index contributed by atoms with van der Waals surface area (Å²) in [7, 11) is 0. The average Bonchev–Trinajstić information content (AvgIpc) is 2.79. The molecule has 1 atom stereocenters. The molecular formula is C17H26N2O2S. The van der Waals surface area contributed by atoms with Gasteiger partial charge in [-0.1, -0.05) is 6.07 Å². The molecule has 0 spiro atoms. The van der Waals surface area contributed by atoms with Gasteiger partial charge in [-0.3, -0.25) is 5.32 Å². The van der Waals surface area contributed by atoms with E-state index >= 15 is 0 Å². The largest absolute Gasteiger partial charge is 0.444 e. The van der Waals surface area contributed by atoms with Gasteiger partial charge in [0.05, 0.1) is 0 Å². The van der Waals surface area contributed by atoms with Crippen LogP contribution in [0.2, 0.25) is 0 Å². The molecule has 0 radical (unpaired) electrons. The number of nitrogens with one attached hydrogen (secondary N) is 2. The Morgan fingerprint density at radius 2 is 2.18 bits per heavy atom. The van der Waals surface area contributed by atoms with Crippen LogP contribution in [0.25, 0.3) is 0 Å². The second-order valence-electron chi connectivity index (χ2n) is 6.58. The van der Waals surface area contributed by atoms with E-state index in [1.54, 1.807) is 0 Å². The summed E-state index contributed by atoms with van der Waals surface area (Å²) in [4.78, 5) is 11.8. The third kappa shape index (κ3) is 4.92. The first kappa shape index (κ1) is 17.2. The zero-order chi connectivity index (χ0) is 16.2. The highest BCUT2D eigenvalue weighted by atomic mass is 32.2. The first-order valence-corrected chi connectivity index (χ1v) is 9.13. The quantitative estimate of drug-likeness (QED) is 0.805. The van der Waals surface area contributed by atoms with Gasteiger partial charge in [-0.25, -0.2) is 4.79 Å². The second kappa shape index (κ2) is 7.38. The van der Waals surface area contributed by atoms with Crippen LogP contribution in [0.5, 0.6) is 0 Å². The Morgan fingerprint density at radius 3 is 2.86 bits per heavy atom. The van der Waals surface area contributed by atoms with E-state index in [0.29, 0.717) is 6.04 Å². The Morgan fingerprint density at radius 1 is 1.41 bits per heavy atom. The van der Waals surface area contributed by atoms with Crippen molar-refractivity contribution in [3.63, 3.8) is 0 Å². The van der Waals surface area contributed by atoms with Gasteiger partial charge < -0.3 is 10.1 Å². The van der Waals surface area contributed by atoms with Crippen molar-refractivity contribution in [3.05, 3.63) is 29.3 Å². The van der Waals surface area contributed by atoms with Crippen molar-refractivity contribution in [3.8, 4) is 0 Å². The second-order valence-corrected chi connectivity index (χ2v) is 7.56. The van der Waals surface area contributed by atoms with Crippen LogP contribution in [0.4, 0.5) is 10.5 Å². The predicted molar refractivity (Wildman–Crippen MR) is 93.7 cm³/mol. The number of ether oxygens (including phenoxy) is 1. The molecule has 2 N–H and O–H groups in total. The Balaban J connectivity index is 1.96. The van der Waals surface area contributed by atoms with Crippen LogP contribution in [-0.4, -0.2) is 30.2 Å². The van der Waals surface area contributed by atoms with Crippen LogP contribution in [0.3, 0.4) is 0 Å². The SMILES string of the molecule is CSCCNC1CCc2cc(NC(=O)OC(C)(C)C)ccc21. The van der Waals surface area contributed by atoms with Crippen LogP contribution in [-0.2, 0) is 11.2 Å². The van der Waals surface area contributed by atoms with Crippen molar-refractivity contribution < 1.29 is 9.53 Å². The number of anilines is 1. The lowest BCUT2D eigenvalue weighted by Gasteiger charge is -2.20. The van der Waals surface area contributed by atoms with E-state index in [1.165, 1.54) is 11.1 Å². The van der Waals surface area contributed by atoms with E-state index in [-0.39, 0.29) is 0 Å². The summed E-state index contributed by atoms with van der Waals surface area (Å²) >= 11 is 1.86. The lowest BCUT2D eigenvalue weighted by Crippen LogP contribution is -2.27. The first-order chi connectivity index (χ1) is 10.4. The van der Waals surface area contributed by atoms with E-state index in [9.17, 15) is 4.79 Å². The van der Waals surface area contributed by atoms with Gasteiger partial charge in [0.2, 0.25) is 0 Å². The molecule has 4 nitrogen and oxygen atoms in total. The molecule has 5 heteroatoms.